The highest BCUT2D eigenvalue weighted by molar-refractivity contribution is 7.98. The Bertz CT molecular complexity index is 1010. The van der Waals surface area contributed by atoms with Crippen molar-refractivity contribution in [3.63, 3.8) is 0 Å². The van der Waals surface area contributed by atoms with E-state index in [1.54, 1.807) is 18.0 Å². The molecule has 0 saturated carbocycles. The summed E-state index contributed by atoms with van der Waals surface area (Å²) in [6.45, 7) is 5.57. The lowest BCUT2D eigenvalue weighted by molar-refractivity contribution is 0.0746. The van der Waals surface area contributed by atoms with Crippen LogP contribution in [0, 0.1) is 0 Å². The fraction of sp³-hybridized carbons (Fsp3) is 0.304. The largest absolute Gasteiger partial charge is 0.492 e. The van der Waals surface area contributed by atoms with E-state index in [1.807, 2.05) is 71.3 Å². The van der Waals surface area contributed by atoms with Gasteiger partial charge in [0, 0.05) is 49.8 Å². The van der Waals surface area contributed by atoms with Crippen LogP contribution in [0.4, 0.5) is 5.69 Å². The fourth-order valence-electron chi connectivity index (χ4n) is 3.76. The van der Waals surface area contributed by atoms with E-state index >= 15 is 0 Å². The first kappa shape index (κ1) is 20.3. The number of benzene rings is 2. The minimum absolute atomic E-state index is 0.0698. The Kier molecular flexibility index (Phi) is 6.28. The van der Waals surface area contributed by atoms with Gasteiger partial charge in [-0.15, -0.1) is 0 Å². The molecule has 0 N–H and O–H groups in total. The Balaban J connectivity index is 1.46. The Morgan fingerprint density at radius 1 is 1.10 bits per heavy atom. The molecule has 1 aromatic heterocycles. The van der Waals surface area contributed by atoms with E-state index in [4.69, 9.17) is 4.74 Å². The Hall–Kier alpha value is -2.93. The van der Waals surface area contributed by atoms with Crippen LogP contribution in [0.15, 0.2) is 66.1 Å². The lowest BCUT2D eigenvalue weighted by atomic mass is 10.1. The number of hydrogen-bond acceptors (Lipinski definition) is 5. The highest BCUT2D eigenvalue weighted by Crippen LogP contribution is 2.29. The van der Waals surface area contributed by atoms with Crippen LogP contribution in [0.2, 0.25) is 0 Å². The number of nitrogens with zero attached hydrogens (tertiary/aromatic N) is 4. The van der Waals surface area contributed by atoms with E-state index < -0.39 is 0 Å². The molecule has 0 spiro atoms. The van der Waals surface area contributed by atoms with E-state index in [1.165, 1.54) is 0 Å². The molecule has 2 heterocycles. The first-order valence-electron chi connectivity index (χ1n) is 10.1. The van der Waals surface area contributed by atoms with Gasteiger partial charge in [-0.3, -0.25) is 9.36 Å². The summed E-state index contributed by atoms with van der Waals surface area (Å²) in [5.74, 6) is 0.970. The standard InChI is InChI=1S/C23H26N4O2S/c1-3-29-21-10-5-4-9-20(21)25-13-15-26(16-14-25)22(28)18-7-6-8-19(17-18)27-12-11-24-23(27)30-2/h4-12,17H,3,13-16H2,1-2H3. The molecule has 1 saturated heterocycles. The summed E-state index contributed by atoms with van der Waals surface area (Å²) in [5.41, 5.74) is 2.75. The molecule has 0 aliphatic carbocycles. The highest BCUT2D eigenvalue weighted by Gasteiger charge is 2.24. The zero-order valence-corrected chi connectivity index (χ0v) is 18.1. The topological polar surface area (TPSA) is 50.6 Å². The van der Waals surface area contributed by atoms with Crippen molar-refractivity contribution in [2.45, 2.75) is 12.1 Å². The minimum Gasteiger partial charge on any atom is -0.492 e. The zero-order valence-electron chi connectivity index (χ0n) is 17.3. The second-order valence-corrected chi connectivity index (χ2v) is 7.79. The van der Waals surface area contributed by atoms with E-state index in [2.05, 4.69) is 16.0 Å². The molecule has 1 fully saturated rings. The lowest BCUT2D eigenvalue weighted by Crippen LogP contribution is -2.48. The summed E-state index contributed by atoms with van der Waals surface area (Å²) in [6.07, 6.45) is 5.70. The van der Waals surface area contributed by atoms with Gasteiger partial charge >= 0.3 is 0 Å². The molecular weight excluding hydrogens is 396 g/mol. The maximum absolute atomic E-state index is 13.1. The Morgan fingerprint density at radius 3 is 2.67 bits per heavy atom. The van der Waals surface area contributed by atoms with Crippen molar-refractivity contribution in [2.75, 3.05) is 43.9 Å². The summed E-state index contributed by atoms with van der Waals surface area (Å²) < 4.78 is 7.77. The maximum atomic E-state index is 13.1. The van der Waals surface area contributed by atoms with Gasteiger partial charge in [0.05, 0.1) is 12.3 Å². The maximum Gasteiger partial charge on any atom is 0.254 e. The predicted molar refractivity (Wildman–Crippen MR) is 121 cm³/mol. The van der Waals surface area contributed by atoms with Gasteiger partial charge < -0.3 is 14.5 Å². The summed E-state index contributed by atoms with van der Waals surface area (Å²) in [7, 11) is 0. The number of amides is 1. The molecule has 30 heavy (non-hydrogen) atoms. The number of imidazole rings is 1. The van der Waals surface area contributed by atoms with Gasteiger partial charge in [0.15, 0.2) is 5.16 Å². The number of ether oxygens (including phenoxy) is 1. The van der Waals surface area contributed by atoms with Crippen LogP contribution in [0.3, 0.4) is 0 Å². The van der Waals surface area contributed by atoms with E-state index in [0.29, 0.717) is 25.3 Å². The number of anilines is 1. The first-order valence-corrected chi connectivity index (χ1v) is 11.4. The molecule has 6 nitrogen and oxygen atoms in total. The van der Waals surface area contributed by atoms with Gasteiger partial charge in [-0.1, -0.05) is 30.0 Å². The average molecular weight is 423 g/mol. The second kappa shape index (κ2) is 9.26. The number of rotatable bonds is 6. The fourth-order valence-corrected chi connectivity index (χ4v) is 4.28. The first-order chi connectivity index (χ1) is 14.7. The number of hydrogen-bond donors (Lipinski definition) is 0. The summed E-state index contributed by atoms with van der Waals surface area (Å²) in [5, 5.41) is 0.904. The van der Waals surface area contributed by atoms with Crippen LogP contribution in [-0.4, -0.2) is 59.4 Å². The van der Waals surface area contributed by atoms with Crippen LogP contribution in [0.25, 0.3) is 5.69 Å². The van der Waals surface area contributed by atoms with Crippen LogP contribution >= 0.6 is 11.8 Å². The zero-order chi connectivity index (χ0) is 20.9. The second-order valence-electron chi connectivity index (χ2n) is 7.01. The smallest absolute Gasteiger partial charge is 0.254 e. The number of carbonyl (C=O) groups excluding carboxylic acids is 1. The van der Waals surface area contributed by atoms with Gasteiger partial charge in [-0.05, 0) is 43.5 Å². The lowest BCUT2D eigenvalue weighted by Gasteiger charge is -2.36. The molecule has 0 atom stereocenters. The van der Waals surface area contributed by atoms with Crippen molar-refractivity contribution < 1.29 is 9.53 Å². The monoisotopic (exact) mass is 422 g/mol. The molecule has 4 rings (SSSR count). The molecule has 156 valence electrons. The molecular formula is C23H26N4O2S. The average Bonchev–Trinajstić information content (AvgIpc) is 3.28. The molecule has 0 radical (unpaired) electrons. The molecule has 1 amide bonds. The van der Waals surface area contributed by atoms with Crippen molar-refractivity contribution in [2.24, 2.45) is 0 Å². The Labute approximate surface area is 181 Å². The predicted octanol–water partition coefficient (Wildman–Crippen LogP) is 3.96. The van der Waals surface area contributed by atoms with Crippen LogP contribution < -0.4 is 9.64 Å². The number of carbonyl (C=O) groups is 1. The van der Waals surface area contributed by atoms with Crippen molar-refractivity contribution in [3.05, 3.63) is 66.5 Å². The summed E-state index contributed by atoms with van der Waals surface area (Å²) in [4.78, 5) is 21.7. The Morgan fingerprint density at radius 2 is 1.90 bits per heavy atom. The third kappa shape index (κ3) is 4.16. The van der Waals surface area contributed by atoms with Crippen molar-refractivity contribution >= 4 is 23.4 Å². The number of aromatic nitrogens is 2. The van der Waals surface area contributed by atoms with E-state index in [9.17, 15) is 4.79 Å². The van der Waals surface area contributed by atoms with Gasteiger partial charge in [-0.25, -0.2) is 4.98 Å². The quantitative estimate of drug-likeness (QED) is 0.563. The van der Waals surface area contributed by atoms with Gasteiger partial charge in [0.1, 0.15) is 5.75 Å². The van der Waals surface area contributed by atoms with Crippen molar-refractivity contribution in [1.82, 2.24) is 14.5 Å². The molecule has 3 aromatic rings. The molecule has 2 aromatic carbocycles. The van der Waals surface area contributed by atoms with Gasteiger partial charge in [0.2, 0.25) is 0 Å². The van der Waals surface area contributed by atoms with E-state index in [0.717, 1.165) is 35.4 Å². The van der Waals surface area contributed by atoms with Crippen molar-refractivity contribution in [1.29, 1.82) is 0 Å². The molecule has 0 unspecified atom stereocenters. The third-order valence-corrected chi connectivity index (χ3v) is 5.90. The van der Waals surface area contributed by atoms with E-state index in [-0.39, 0.29) is 5.91 Å². The summed E-state index contributed by atoms with van der Waals surface area (Å²) >= 11 is 1.58. The van der Waals surface area contributed by atoms with Gasteiger partial charge in [0.25, 0.3) is 5.91 Å². The number of thioether (sulfide) groups is 1. The molecule has 7 heteroatoms. The minimum atomic E-state index is 0.0698. The third-order valence-electron chi connectivity index (χ3n) is 5.23. The highest BCUT2D eigenvalue weighted by atomic mass is 32.2. The van der Waals surface area contributed by atoms with Crippen LogP contribution in [0.5, 0.6) is 5.75 Å². The molecule has 1 aliphatic heterocycles. The number of piperazine rings is 1. The van der Waals surface area contributed by atoms with Crippen LogP contribution in [0.1, 0.15) is 17.3 Å². The van der Waals surface area contributed by atoms with Gasteiger partial charge in [-0.2, -0.15) is 0 Å². The van der Waals surface area contributed by atoms with Crippen molar-refractivity contribution in [3.8, 4) is 11.4 Å². The SMILES string of the molecule is CCOc1ccccc1N1CCN(C(=O)c2cccc(-n3ccnc3SC)c2)CC1. The summed E-state index contributed by atoms with van der Waals surface area (Å²) in [6, 6.07) is 15.9. The molecule has 1 aliphatic rings. The normalized spacial score (nSPS) is 14.1. The molecule has 0 bridgehead atoms. The number of para-hydroxylation sites is 2. The van der Waals surface area contributed by atoms with Crippen LogP contribution in [-0.2, 0) is 0 Å².